The molecular formula is C15H19F2N3O. The monoisotopic (exact) mass is 295 g/mol. The molecule has 114 valence electrons. The van der Waals surface area contributed by atoms with Crippen molar-refractivity contribution in [3.8, 4) is 0 Å². The maximum absolute atomic E-state index is 12.3. The number of carbonyl (C=O) groups is 1. The van der Waals surface area contributed by atoms with Gasteiger partial charge in [-0.3, -0.25) is 4.79 Å². The van der Waals surface area contributed by atoms with Crippen molar-refractivity contribution < 1.29 is 13.6 Å². The highest BCUT2D eigenvalue weighted by Gasteiger charge is 2.29. The standard InChI is InChI=1S/C15H19F2N3O/c1-9-2-3-10-6-18-4-5-20-8-11(13(9)14(10)20)15(21)19-7-12(16)17/h3,8-9,12,18H,2,4-7H2,1H3,(H,19,21)/t9-/m0/s1. The van der Waals surface area contributed by atoms with E-state index in [0.717, 1.165) is 37.3 Å². The molecule has 0 spiro atoms. The predicted octanol–water partition coefficient (Wildman–Crippen LogP) is 1.98. The zero-order valence-corrected chi connectivity index (χ0v) is 12.0. The molecule has 2 aliphatic rings. The van der Waals surface area contributed by atoms with E-state index in [4.69, 9.17) is 0 Å². The van der Waals surface area contributed by atoms with Crippen molar-refractivity contribution in [2.45, 2.75) is 32.2 Å². The van der Waals surface area contributed by atoms with Crippen molar-refractivity contribution in [3.05, 3.63) is 29.1 Å². The van der Waals surface area contributed by atoms with Gasteiger partial charge in [-0.2, -0.15) is 0 Å². The number of alkyl halides is 2. The van der Waals surface area contributed by atoms with Crippen LogP contribution in [0.5, 0.6) is 0 Å². The fourth-order valence-corrected chi connectivity index (χ4v) is 3.16. The van der Waals surface area contributed by atoms with Crippen molar-refractivity contribution in [1.29, 1.82) is 0 Å². The number of halogens is 2. The average Bonchev–Trinajstić information content (AvgIpc) is 2.72. The molecule has 1 aliphatic carbocycles. The van der Waals surface area contributed by atoms with Gasteiger partial charge >= 0.3 is 0 Å². The molecule has 2 heterocycles. The number of hydrogen-bond donors (Lipinski definition) is 2. The first kappa shape index (κ1) is 14.3. The largest absolute Gasteiger partial charge is 0.346 e. The van der Waals surface area contributed by atoms with Gasteiger partial charge < -0.3 is 15.2 Å². The molecule has 21 heavy (non-hydrogen) atoms. The van der Waals surface area contributed by atoms with Gasteiger partial charge in [0.2, 0.25) is 0 Å². The molecule has 3 rings (SSSR count). The smallest absolute Gasteiger partial charge is 0.255 e. The van der Waals surface area contributed by atoms with Crippen LogP contribution in [0.4, 0.5) is 8.78 Å². The second kappa shape index (κ2) is 5.60. The zero-order chi connectivity index (χ0) is 15.0. The van der Waals surface area contributed by atoms with E-state index in [2.05, 4.69) is 28.2 Å². The van der Waals surface area contributed by atoms with Crippen molar-refractivity contribution in [2.75, 3.05) is 19.6 Å². The summed E-state index contributed by atoms with van der Waals surface area (Å²) in [6.45, 7) is 3.89. The van der Waals surface area contributed by atoms with E-state index in [0.29, 0.717) is 5.56 Å². The first-order chi connectivity index (χ1) is 10.1. The van der Waals surface area contributed by atoms with Crippen LogP contribution in [0.15, 0.2) is 12.3 Å². The fourth-order valence-electron chi connectivity index (χ4n) is 3.16. The normalized spacial score (nSPS) is 20.8. The summed E-state index contributed by atoms with van der Waals surface area (Å²) in [6, 6.07) is 0. The van der Waals surface area contributed by atoms with Gasteiger partial charge in [0, 0.05) is 31.5 Å². The van der Waals surface area contributed by atoms with E-state index in [1.54, 1.807) is 0 Å². The van der Waals surface area contributed by atoms with Gasteiger partial charge in [-0.25, -0.2) is 8.78 Å². The summed E-state index contributed by atoms with van der Waals surface area (Å²) in [7, 11) is 0. The summed E-state index contributed by atoms with van der Waals surface area (Å²) < 4.78 is 26.7. The molecule has 4 nitrogen and oxygen atoms in total. The minimum absolute atomic E-state index is 0.232. The molecule has 0 saturated heterocycles. The Balaban J connectivity index is 1.99. The molecule has 1 aliphatic heterocycles. The van der Waals surface area contributed by atoms with Crippen LogP contribution in [-0.2, 0) is 6.54 Å². The molecule has 1 amide bonds. The Morgan fingerprint density at radius 3 is 3.14 bits per heavy atom. The number of hydrogen-bond acceptors (Lipinski definition) is 2. The molecule has 0 unspecified atom stereocenters. The molecule has 0 radical (unpaired) electrons. The molecular weight excluding hydrogens is 276 g/mol. The van der Waals surface area contributed by atoms with Crippen LogP contribution < -0.4 is 10.6 Å². The Kier molecular flexibility index (Phi) is 3.80. The van der Waals surface area contributed by atoms with E-state index in [1.165, 1.54) is 5.57 Å². The van der Waals surface area contributed by atoms with Crippen LogP contribution in [0.2, 0.25) is 0 Å². The lowest BCUT2D eigenvalue weighted by molar-refractivity contribution is 0.0890. The van der Waals surface area contributed by atoms with Gasteiger partial charge in [0.05, 0.1) is 12.1 Å². The lowest BCUT2D eigenvalue weighted by Gasteiger charge is -2.21. The first-order valence-corrected chi connectivity index (χ1v) is 7.27. The fraction of sp³-hybridized carbons (Fsp3) is 0.533. The lowest BCUT2D eigenvalue weighted by atomic mass is 9.86. The number of rotatable bonds is 3. The number of aromatic nitrogens is 1. The van der Waals surface area contributed by atoms with Crippen LogP contribution >= 0.6 is 0 Å². The summed E-state index contributed by atoms with van der Waals surface area (Å²) in [5.74, 6) is -0.165. The second-order valence-electron chi connectivity index (χ2n) is 5.64. The lowest BCUT2D eigenvalue weighted by Crippen LogP contribution is -2.29. The maximum atomic E-state index is 12.3. The molecule has 0 saturated carbocycles. The van der Waals surface area contributed by atoms with Crippen LogP contribution in [0.25, 0.3) is 5.57 Å². The van der Waals surface area contributed by atoms with Crippen LogP contribution in [0.3, 0.4) is 0 Å². The van der Waals surface area contributed by atoms with E-state index in [-0.39, 0.29) is 5.92 Å². The third-order valence-corrected chi connectivity index (χ3v) is 4.14. The third-order valence-electron chi connectivity index (χ3n) is 4.14. The quantitative estimate of drug-likeness (QED) is 0.895. The van der Waals surface area contributed by atoms with Crippen molar-refractivity contribution in [3.63, 3.8) is 0 Å². The summed E-state index contributed by atoms with van der Waals surface area (Å²) in [5, 5.41) is 5.68. The molecule has 1 atom stereocenters. The summed E-state index contributed by atoms with van der Waals surface area (Å²) in [4.78, 5) is 12.2. The number of nitrogens with one attached hydrogen (secondary N) is 2. The molecule has 1 aromatic heterocycles. The third kappa shape index (κ3) is 2.60. The highest BCUT2D eigenvalue weighted by molar-refractivity contribution is 5.97. The average molecular weight is 295 g/mol. The van der Waals surface area contributed by atoms with Crippen molar-refractivity contribution in [2.24, 2.45) is 0 Å². The minimum atomic E-state index is -2.53. The molecule has 2 N–H and O–H groups in total. The Hall–Kier alpha value is -1.69. The summed E-state index contributed by atoms with van der Waals surface area (Å²) in [6.07, 6.45) is 2.38. The molecule has 1 aromatic rings. The van der Waals surface area contributed by atoms with Gasteiger partial charge in [-0.1, -0.05) is 13.0 Å². The van der Waals surface area contributed by atoms with Gasteiger partial charge in [0.1, 0.15) is 0 Å². The van der Waals surface area contributed by atoms with Crippen LogP contribution in [-0.4, -0.2) is 36.5 Å². The predicted molar refractivity (Wildman–Crippen MR) is 76.6 cm³/mol. The summed E-state index contributed by atoms with van der Waals surface area (Å²) >= 11 is 0. The molecule has 6 heteroatoms. The van der Waals surface area contributed by atoms with Crippen LogP contribution in [0.1, 0.15) is 40.9 Å². The molecule has 0 fully saturated rings. The van der Waals surface area contributed by atoms with Gasteiger partial charge in [-0.15, -0.1) is 0 Å². The van der Waals surface area contributed by atoms with Gasteiger partial charge in [-0.05, 0) is 23.5 Å². The highest BCUT2D eigenvalue weighted by Crippen LogP contribution is 2.38. The first-order valence-electron chi connectivity index (χ1n) is 7.27. The van der Waals surface area contributed by atoms with Crippen LogP contribution in [0, 0.1) is 0 Å². The van der Waals surface area contributed by atoms with Crippen molar-refractivity contribution in [1.82, 2.24) is 15.2 Å². The highest BCUT2D eigenvalue weighted by atomic mass is 19.3. The molecule has 0 bridgehead atoms. The van der Waals surface area contributed by atoms with Gasteiger partial charge in [0.15, 0.2) is 0 Å². The SMILES string of the molecule is C[C@H]1CC=C2CNCCn3cc(C(=O)NCC(F)F)c1c32. The van der Waals surface area contributed by atoms with Crippen molar-refractivity contribution >= 4 is 11.5 Å². The van der Waals surface area contributed by atoms with E-state index < -0.39 is 18.9 Å². The molecule has 0 aromatic carbocycles. The number of carbonyl (C=O) groups excluding carboxylic acids is 1. The van der Waals surface area contributed by atoms with E-state index >= 15 is 0 Å². The van der Waals surface area contributed by atoms with E-state index in [1.807, 2.05) is 6.20 Å². The Morgan fingerprint density at radius 2 is 2.38 bits per heavy atom. The Morgan fingerprint density at radius 1 is 1.57 bits per heavy atom. The Bertz CT molecular complexity index is 592. The topological polar surface area (TPSA) is 46.1 Å². The number of allylic oxidation sites excluding steroid dienone is 1. The second-order valence-corrected chi connectivity index (χ2v) is 5.64. The maximum Gasteiger partial charge on any atom is 0.255 e. The minimum Gasteiger partial charge on any atom is -0.346 e. The Labute approximate surface area is 122 Å². The number of amides is 1. The van der Waals surface area contributed by atoms with Gasteiger partial charge in [0.25, 0.3) is 12.3 Å². The zero-order valence-electron chi connectivity index (χ0n) is 12.0. The summed E-state index contributed by atoms with van der Waals surface area (Å²) in [5.41, 5.74) is 3.85. The number of nitrogens with zero attached hydrogens (tertiary/aromatic N) is 1. The van der Waals surface area contributed by atoms with E-state index in [9.17, 15) is 13.6 Å².